The van der Waals surface area contributed by atoms with Gasteiger partial charge in [-0.3, -0.25) is 4.79 Å². The molecule has 0 aliphatic rings. The van der Waals surface area contributed by atoms with Gasteiger partial charge in [0.25, 0.3) is 6.43 Å². The van der Waals surface area contributed by atoms with Crippen molar-refractivity contribution < 1.29 is 36.2 Å². The molecule has 2 N–H and O–H groups in total. The summed E-state index contributed by atoms with van der Waals surface area (Å²) in [7, 11) is 0. The smallest absolute Gasteiger partial charge is 0.466 e. The third-order valence-electron chi connectivity index (χ3n) is 2.56. The van der Waals surface area contributed by atoms with Crippen molar-refractivity contribution in [2.75, 3.05) is 6.61 Å². The molecule has 124 valence electrons. The first-order valence-electron chi connectivity index (χ1n) is 6.09. The van der Waals surface area contributed by atoms with E-state index in [2.05, 4.69) is 14.5 Å². The van der Waals surface area contributed by atoms with Gasteiger partial charge in [0.15, 0.2) is 0 Å². The van der Waals surface area contributed by atoms with Gasteiger partial charge in [-0.1, -0.05) is 0 Å². The van der Waals surface area contributed by atoms with Crippen molar-refractivity contribution in [2.45, 2.75) is 32.7 Å². The van der Waals surface area contributed by atoms with Crippen molar-refractivity contribution in [3.63, 3.8) is 0 Å². The quantitative estimate of drug-likeness (QED) is 0.641. The average molecular weight is 328 g/mol. The molecule has 1 heterocycles. The van der Waals surface area contributed by atoms with E-state index in [1.807, 2.05) is 0 Å². The van der Waals surface area contributed by atoms with Crippen LogP contribution in [0.5, 0.6) is 5.88 Å². The van der Waals surface area contributed by atoms with Crippen molar-refractivity contribution in [3.05, 3.63) is 22.9 Å². The van der Waals surface area contributed by atoms with Crippen LogP contribution < -0.4 is 10.5 Å². The van der Waals surface area contributed by atoms with E-state index in [4.69, 9.17) is 5.73 Å². The summed E-state index contributed by atoms with van der Waals surface area (Å²) in [6.45, 7) is 1.11. The largest absolute Gasteiger partial charge is 0.574 e. The maximum Gasteiger partial charge on any atom is 0.574 e. The highest BCUT2D eigenvalue weighted by atomic mass is 19.4. The lowest BCUT2D eigenvalue weighted by Gasteiger charge is -2.17. The number of nitrogens with zero attached hydrogens (tertiary/aromatic N) is 1. The van der Waals surface area contributed by atoms with E-state index in [1.165, 1.54) is 0 Å². The number of pyridine rings is 1. The average Bonchev–Trinajstić information content (AvgIpc) is 2.38. The molecular weight excluding hydrogens is 315 g/mol. The van der Waals surface area contributed by atoms with Gasteiger partial charge in [0.05, 0.1) is 18.6 Å². The summed E-state index contributed by atoms with van der Waals surface area (Å²) in [6.07, 6.45) is -8.07. The zero-order chi connectivity index (χ0) is 16.9. The summed E-state index contributed by atoms with van der Waals surface area (Å²) in [5.41, 5.74) is 3.88. The maximum absolute atomic E-state index is 13.1. The molecule has 0 amide bonds. The zero-order valence-corrected chi connectivity index (χ0v) is 11.4. The van der Waals surface area contributed by atoms with Crippen LogP contribution in [0.2, 0.25) is 0 Å². The van der Waals surface area contributed by atoms with E-state index in [0.717, 1.165) is 6.20 Å². The van der Waals surface area contributed by atoms with Crippen molar-refractivity contribution in [3.8, 4) is 5.88 Å². The molecule has 22 heavy (non-hydrogen) atoms. The Morgan fingerprint density at radius 1 is 1.41 bits per heavy atom. The third kappa shape index (κ3) is 4.79. The predicted molar refractivity (Wildman–Crippen MR) is 64.1 cm³/mol. The lowest BCUT2D eigenvalue weighted by Crippen LogP contribution is -2.21. The third-order valence-corrected chi connectivity index (χ3v) is 2.56. The van der Waals surface area contributed by atoms with E-state index < -0.39 is 43.2 Å². The Balaban J connectivity index is 3.27. The van der Waals surface area contributed by atoms with Crippen LogP contribution >= 0.6 is 0 Å². The highest BCUT2D eigenvalue weighted by Gasteiger charge is 2.35. The van der Waals surface area contributed by atoms with Crippen LogP contribution in [0.15, 0.2) is 6.20 Å². The molecule has 0 unspecified atom stereocenters. The summed E-state index contributed by atoms with van der Waals surface area (Å²) in [4.78, 5) is 14.6. The molecule has 0 bridgehead atoms. The predicted octanol–water partition coefficient (Wildman–Crippen LogP) is 2.48. The van der Waals surface area contributed by atoms with Crippen molar-refractivity contribution in [1.29, 1.82) is 0 Å². The normalized spacial score (nSPS) is 11.6. The number of ether oxygens (including phenoxy) is 2. The SMILES string of the molecule is CCOC(=O)Cc1cnc(OC(F)(F)F)c(C(F)F)c1CN. The molecule has 0 aliphatic heterocycles. The summed E-state index contributed by atoms with van der Waals surface area (Å²) in [5.74, 6) is -2.01. The second-order valence-corrected chi connectivity index (χ2v) is 4.02. The minimum Gasteiger partial charge on any atom is -0.466 e. The Hall–Kier alpha value is -1.97. The zero-order valence-electron chi connectivity index (χ0n) is 11.4. The number of aromatic nitrogens is 1. The first kappa shape index (κ1) is 18.1. The van der Waals surface area contributed by atoms with E-state index in [-0.39, 0.29) is 17.7 Å². The fourth-order valence-corrected chi connectivity index (χ4v) is 1.76. The van der Waals surface area contributed by atoms with Crippen molar-refractivity contribution in [1.82, 2.24) is 4.98 Å². The van der Waals surface area contributed by atoms with Crippen molar-refractivity contribution in [2.24, 2.45) is 5.73 Å². The number of esters is 1. The standard InChI is InChI=1S/C12H13F5N2O3/c1-2-21-8(20)3-6-5-19-11(22-12(15,16)17)9(10(13)14)7(6)4-18/h5,10H,2-4,18H2,1H3. The highest BCUT2D eigenvalue weighted by Crippen LogP contribution is 2.35. The Bertz CT molecular complexity index is 534. The van der Waals surface area contributed by atoms with Gasteiger partial charge in [0, 0.05) is 12.7 Å². The van der Waals surface area contributed by atoms with Gasteiger partial charge in [0.1, 0.15) is 0 Å². The molecule has 0 spiro atoms. The fraction of sp³-hybridized carbons (Fsp3) is 0.500. The molecular formula is C12H13F5N2O3. The van der Waals surface area contributed by atoms with Gasteiger partial charge in [-0.15, -0.1) is 13.2 Å². The Morgan fingerprint density at radius 3 is 2.50 bits per heavy atom. The van der Waals surface area contributed by atoms with Gasteiger partial charge in [-0.2, -0.15) is 0 Å². The van der Waals surface area contributed by atoms with Gasteiger partial charge in [0.2, 0.25) is 5.88 Å². The van der Waals surface area contributed by atoms with E-state index in [0.29, 0.717) is 0 Å². The number of rotatable bonds is 6. The number of carbonyl (C=O) groups is 1. The first-order chi connectivity index (χ1) is 10.2. The molecule has 1 rings (SSSR count). The molecule has 0 saturated heterocycles. The minimum atomic E-state index is -5.18. The molecule has 0 saturated carbocycles. The summed E-state index contributed by atoms with van der Waals surface area (Å²) in [6, 6.07) is 0. The molecule has 0 fully saturated rings. The first-order valence-corrected chi connectivity index (χ1v) is 6.09. The van der Waals surface area contributed by atoms with Gasteiger partial charge >= 0.3 is 12.3 Å². The van der Waals surface area contributed by atoms with Crippen LogP contribution in [0.4, 0.5) is 22.0 Å². The summed E-state index contributed by atoms with van der Waals surface area (Å²) in [5, 5.41) is 0. The Morgan fingerprint density at radius 2 is 2.05 bits per heavy atom. The van der Waals surface area contributed by atoms with Crippen LogP contribution in [-0.4, -0.2) is 23.9 Å². The van der Waals surface area contributed by atoms with E-state index in [9.17, 15) is 26.7 Å². The van der Waals surface area contributed by atoms with Gasteiger partial charge < -0.3 is 15.2 Å². The van der Waals surface area contributed by atoms with Crippen LogP contribution in [0.1, 0.15) is 30.0 Å². The number of halogens is 5. The van der Waals surface area contributed by atoms with E-state index >= 15 is 0 Å². The Kier molecular flexibility index (Phi) is 6.03. The highest BCUT2D eigenvalue weighted by molar-refractivity contribution is 5.73. The summed E-state index contributed by atoms with van der Waals surface area (Å²) >= 11 is 0. The molecule has 10 heteroatoms. The van der Waals surface area contributed by atoms with Crippen LogP contribution in [0.3, 0.4) is 0 Å². The van der Waals surface area contributed by atoms with Crippen LogP contribution in [0.25, 0.3) is 0 Å². The number of hydrogen-bond donors (Lipinski definition) is 1. The second kappa shape index (κ2) is 7.34. The number of nitrogens with two attached hydrogens (primary N) is 1. The molecule has 1 aromatic heterocycles. The molecule has 0 radical (unpaired) electrons. The number of hydrogen-bond acceptors (Lipinski definition) is 5. The van der Waals surface area contributed by atoms with Gasteiger partial charge in [-0.25, -0.2) is 13.8 Å². The topological polar surface area (TPSA) is 74.4 Å². The van der Waals surface area contributed by atoms with E-state index in [1.54, 1.807) is 6.92 Å². The molecule has 5 nitrogen and oxygen atoms in total. The minimum absolute atomic E-state index is 0.0363. The Labute approximate surface area is 122 Å². The summed E-state index contributed by atoms with van der Waals surface area (Å²) < 4.78 is 70.9. The van der Waals surface area contributed by atoms with Crippen LogP contribution in [0, 0.1) is 0 Å². The number of alkyl halides is 5. The van der Waals surface area contributed by atoms with Crippen molar-refractivity contribution >= 4 is 5.97 Å². The van der Waals surface area contributed by atoms with Crippen LogP contribution in [-0.2, 0) is 22.5 Å². The monoisotopic (exact) mass is 328 g/mol. The second-order valence-electron chi connectivity index (χ2n) is 4.02. The van der Waals surface area contributed by atoms with Gasteiger partial charge in [-0.05, 0) is 18.1 Å². The molecule has 0 atom stereocenters. The fourth-order valence-electron chi connectivity index (χ4n) is 1.76. The maximum atomic E-state index is 13.1. The molecule has 0 aromatic carbocycles. The lowest BCUT2D eigenvalue weighted by molar-refractivity contribution is -0.276. The molecule has 0 aliphatic carbocycles. The number of carbonyl (C=O) groups excluding carboxylic acids is 1. The lowest BCUT2D eigenvalue weighted by atomic mass is 10.0. The molecule has 1 aromatic rings.